The third-order valence-electron chi connectivity index (χ3n) is 4.97. The minimum absolute atomic E-state index is 0.0447. The van der Waals surface area contributed by atoms with Crippen LogP contribution in [0.5, 0.6) is 0 Å². The molecule has 0 radical (unpaired) electrons. The van der Waals surface area contributed by atoms with Crippen molar-refractivity contribution in [1.29, 1.82) is 0 Å². The van der Waals surface area contributed by atoms with Crippen LogP contribution in [0.15, 0.2) is 0 Å². The number of hydrogen-bond acceptors (Lipinski definition) is 3. The van der Waals surface area contributed by atoms with Gasteiger partial charge in [0.2, 0.25) is 0 Å². The van der Waals surface area contributed by atoms with Crippen LogP contribution in [-0.4, -0.2) is 64.8 Å². The van der Waals surface area contributed by atoms with Gasteiger partial charge < -0.3 is 15.3 Å². The first-order valence-electron chi connectivity index (χ1n) is 9.15. The van der Waals surface area contributed by atoms with Gasteiger partial charge in [-0.3, -0.25) is 4.90 Å². The molecule has 5 heteroatoms. The number of piperidine rings is 1. The van der Waals surface area contributed by atoms with Crippen molar-refractivity contribution in [3.05, 3.63) is 0 Å². The molecule has 1 saturated heterocycles. The summed E-state index contributed by atoms with van der Waals surface area (Å²) < 4.78 is 0. The molecule has 2 unspecified atom stereocenters. The molecule has 0 aromatic carbocycles. The fourth-order valence-corrected chi connectivity index (χ4v) is 3.27. The van der Waals surface area contributed by atoms with E-state index in [4.69, 9.17) is 0 Å². The number of nitrogens with zero attached hydrogens (tertiary/aromatic N) is 2. The molecule has 1 aliphatic heterocycles. The van der Waals surface area contributed by atoms with Crippen molar-refractivity contribution < 1.29 is 9.90 Å². The summed E-state index contributed by atoms with van der Waals surface area (Å²) in [5.41, 5.74) is -0.0447. The Morgan fingerprint density at radius 3 is 2.57 bits per heavy atom. The summed E-state index contributed by atoms with van der Waals surface area (Å²) in [6, 6.07) is -0.00908. The minimum atomic E-state index is -0.511. The molecule has 0 aliphatic carbocycles. The Hall–Kier alpha value is -0.810. The predicted molar refractivity (Wildman–Crippen MR) is 95.6 cm³/mol. The van der Waals surface area contributed by atoms with Crippen LogP contribution in [0.2, 0.25) is 0 Å². The van der Waals surface area contributed by atoms with Gasteiger partial charge in [-0.05, 0) is 59.9 Å². The zero-order chi connectivity index (χ0) is 17.6. The van der Waals surface area contributed by atoms with Crippen LogP contribution < -0.4 is 5.32 Å². The molecule has 1 aliphatic rings. The Bertz CT molecular complexity index is 369. The maximum absolute atomic E-state index is 12.5. The first kappa shape index (κ1) is 20.2. The summed E-state index contributed by atoms with van der Waals surface area (Å²) in [5, 5.41) is 12.7. The number of aliphatic hydroxyl groups is 1. The van der Waals surface area contributed by atoms with Crippen molar-refractivity contribution >= 4 is 6.03 Å². The molecule has 2 atom stereocenters. The van der Waals surface area contributed by atoms with Crippen LogP contribution in [-0.2, 0) is 0 Å². The zero-order valence-electron chi connectivity index (χ0n) is 15.9. The number of likely N-dealkylation sites (tertiary alicyclic amines) is 1. The van der Waals surface area contributed by atoms with Gasteiger partial charge in [-0.1, -0.05) is 13.3 Å². The number of urea groups is 1. The molecule has 1 heterocycles. The van der Waals surface area contributed by atoms with Gasteiger partial charge in [0.1, 0.15) is 0 Å². The van der Waals surface area contributed by atoms with E-state index in [2.05, 4.69) is 31.0 Å². The summed E-state index contributed by atoms with van der Waals surface area (Å²) in [5.74, 6) is 0.779. The molecule has 0 aromatic rings. The van der Waals surface area contributed by atoms with E-state index in [0.717, 1.165) is 19.0 Å². The standard InChI is InChI=1S/C18H37N3O2/c1-7-16-9-8-10-20(12-16)18(5,6)13-19-17(23)21(14(2)3)11-15(4)22/h14-16,22H,7-13H2,1-6H3,(H,19,23). The third-order valence-corrected chi connectivity index (χ3v) is 4.97. The quantitative estimate of drug-likeness (QED) is 0.756. The molecular weight excluding hydrogens is 290 g/mol. The van der Waals surface area contributed by atoms with Crippen LogP contribution in [0.1, 0.15) is 60.8 Å². The highest BCUT2D eigenvalue weighted by Crippen LogP contribution is 2.25. The van der Waals surface area contributed by atoms with Crippen molar-refractivity contribution in [2.45, 2.75) is 78.5 Å². The molecule has 2 amide bonds. The van der Waals surface area contributed by atoms with Crippen LogP contribution in [0, 0.1) is 5.92 Å². The number of hydrogen-bond donors (Lipinski definition) is 2. The molecular formula is C18H37N3O2. The van der Waals surface area contributed by atoms with Crippen molar-refractivity contribution in [3.63, 3.8) is 0 Å². The molecule has 23 heavy (non-hydrogen) atoms. The van der Waals surface area contributed by atoms with E-state index in [1.54, 1.807) is 11.8 Å². The summed E-state index contributed by atoms with van der Waals surface area (Å²) in [6.07, 6.45) is 3.29. The van der Waals surface area contributed by atoms with Crippen LogP contribution >= 0.6 is 0 Å². The molecule has 0 saturated carbocycles. The topological polar surface area (TPSA) is 55.8 Å². The average molecular weight is 328 g/mol. The van der Waals surface area contributed by atoms with Gasteiger partial charge in [0, 0.05) is 31.2 Å². The van der Waals surface area contributed by atoms with Crippen molar-refractivity contribution in [3.8, 4) is 0 Å². The van der Waals surface area contributed by atoms with Gasteiger partial charge in [0.25, 0.3) is 0 Å². The second kappa shape index (κ2) is 8.88. The van der Waals surface area contributed by atoms with Crippen LogP contribution in [0.3, 0.4) is 0 Å². The fourth-order valence-electron chi connectivity index (χ4n) is 3.27. The van der Waals surface area contributed by atoms with E-state index in [-0.39, 0.29) is 17.6 Å². The highest BCUT2D eigenvalue weighted by Gasteiger charge is 2.31. The number of amides is 2. The fraction of sp³-hybridized carbons (Fsp3) is 0.944. The lowest BCUT2D eigenvalue weighted by Gasteiger charge is -2.44. The average Bonchev–Trinajstić information content (AvgIpc) is 2.50. The van der Waals surface area contributed by atoms with E-state index in [1.807, 2.05) is 13.8 Å². The Balaban J connectivity index is 2.58. The SMILES string of the molecule is CCC1CCCN(C(C)(C)CNC(=O)N(CC(C)O)C(C)C)C1. The molecule has 0 spiro atoms. The van der Waals surface area contributed by atoms with Gasteiger partial charge in [-0.2, -0.15) is 0 Å². The van der Waals surface area contributed by atoms with Gasteiger partial charge in [0.05, 0.1) is 6.10 Å². The van der Waals surface area contributed by atoms with Crippen LogP contribution in [0.4, 0.5) is 4.79 Å². The summed E-state index contributed by atoms with van der Waals surface area (Å²) in [4.78, 5) is 16.7. The molecule has 0 bridgehead atoms. The summed E-state index contributed by atoms with van der Waals surface area (Å²) in [7, 11) is 0. The van der Waals surface area contributed by atoms with Gasteiger partial charge in [0.15, 0.2) is 0 Å². The maximum atomic E-state index is 12.5. The highest BCUT2D eigenvalue weighted by molar-refractivity contribution is 5.74. The monoisotopic (exact) mass is 327 g/mol. The lowest BCUT2D eigenvalue weighted by atomic mass is 9.91. The molecule has 2 N–H and O–H groups in total. The number of nitrogens with one attached hydrogen (secondary N) is 1. The predicted octanol–water partition coefficient (Wildman–Crippen LogP) is 2.69. The normalized spacial score (nSPS) is 21.3. The minimum Gasteiger partial charge on any atom is -0.392 e. The Morgan fingerprint density at radius 2 is 2.04 bits per heavy atom. The molecule has 5 nitrogen and oxygen atoms in total. The Labute approximate surface area is 142 Å². The Kier molecular flexibility index (Phi) is 7.81. The van der Waals surface area contributed by atoms with Crippen molar-refractivity contribution in [1.82, 2.24) is 15.1 Å². The highest BCUT2D eigenvalue weighted by atomic mass is 16.3. The lowest BCUT2D eigenvalue weighted by molar-refractivity contribution is 0.0635. The lowest BCUT2D eigenvalue weighted by Crippen LogP contribution is -2.57. The number of carbonyl (C=O) groups excluding carboxylic acids is 1. The molecule has 0 aromatic heterocycles. The molecule has 1 fully saturated rings. The van der Waals surface area contributed by atoms with E-state index < -0.39 is 6.10 Å². The largest absolute Gasteiger partial charge is 0.392 e. The summed E-state index contributed by atoms with van der Waals surface area (Å²) in [6.45, 7) is 15.6. The Morgan fingerprint density at radius 1 is 1.39 bits per heavy atom. The molecule has 1 rings (SSSR count). The van der Waals surface area contributed by atoms with Crippen LogP contribution in [0.25, 0.3) is 0 Å². The van der Waals surface area contributed by atoms with E-state index in [1.165, 1.54) is 19.3 Å². The summed E-state index contributed by atoms with van der Waals surface area (Å²) >= 11 is 0. The van der Waals surface area contributed by atoms with E-state index >= 15 is 0 Å². The first-order chi connectivity index (χ1) is 10.7. The second-order valence-electron chi connectivity index (χ2n) is 7.93. The smallest absolute Gasteiger partial charge is 0.317 e. The second-order valence-corrected chi connectivity index (χ2v) is 7.93. The van der Waals surface area contributed by atoms with E-state index in [9.17, 15) is 9.90 Å². The number of rotatable bonds is 7. The zero-order valence-corrected chi connectivity index (χ0v) is 15.9. The van der Waals surface area contributed by atoms with Gasteiger partial charge in [-0.25, -0.2) is 4.79 Å². The third kappa shape index (κ3) is 6.30. The van der Waals surface area contributed by atoms with E-state index in [0.29, 0.717) is 13.1 Å². The number of carbonyl (C=O) groups is 1. The van der Waals surface area contributed by atoms with Gasteiger partial charge in [-0.15, -0.1) is 0 Å². The maximum Gasteiger partial charge on any atom is 0.317 e. The molecule has 136 valence electrons. The first-order valence-corrected chi connectivity index (χ1v) is 9.15. The number of aliphatic hydroxyl groups excluding tert-OH is 1. The van der Waals surface area contributed by atoms with Crippen molar-refractivity contribution in [2.75, 3.05) is 26.2 Å². The van der Waals surface area contributed by atoms with Gasteiger partial charge >= 0.3 is 6.03 Å². The van der Waals surface area contributed by atoms with Crippen molar-refractivity contribution in [2.24, 2.45) is 5.92 Å².